The summed E-state index contributed by atoms with van der Waals surface area (Å²) in [6.07, 6.45) is 0.711. The van der Waals surface area contributed by atoms with Crippen LogP contribution in [0.4, 0.5) is 0 Å². The molecule has 0 aliphatic rings. The molecule has 0 spiro atoms. The van der Waals surface area contributed by atoms with Crippen molar-refractivity contribution in [2.45, 2.75) is 13.3 Å². The number of hydrogen-bond donors (Lipinski definition) is 1. The van der Waals surface area contributed by atoms with Crippen LogP contribution in [0.2, 0.25) is 0 Å². The van der Waals surface area contributed by atoms with Gasteiger partial charge in [0.05, 0.1) is 9.89 Å². The molecule has 0 saturated carbocycles. The van der Waals surface area contributed by atoms with Gasteiger partial charge in [-0.3, -0.25) is 9.97 Å². The Morgan fingerprint density at radius 1 is 0.913 bits per heavy atom. The van der Waals surface area contributed by atoms with Crippen LogP contribution in [0, 0.1) is 6.92 Å². The normalized spacial score (nSPS) is 10.5. The molecule has 1 aromatic carbocycles. The summed E-state index contributed by atoms with van der Waals surface area (Å²) in [6, 6.07) is 20.0. The van der Waals surface area contributed by atoms with E-state index in [1.54, 1.807) is 0 Å². The highest BCUT2D eigenvalue weighted by molar-refractivity contribution is 8.11. The molecule has 2 nitrogen and oxygen atoms in total. The molecule has 0 aliphatic carbocycles. The molecule has 0 aliphatic heterocycles. The summed E-state index contributed by atoms with van der Waals surface area (Å²) < 4.78 is 0.577. The molecule has 2 aromatic heterocycles. The lowest BCUT2D eigenvalue weighted by Crippen LogP contribution is -1.99. The van der Waals surface area contributed by atoms with E-state index < -0.39 is 0 Å². The topological polar surface area (TPSA) is 25.8 Å². The molecule has 0 fully saturated rings. The molecule has 114 valence electrons. The van der Waals surface area contributed by atoms with Gasteiger partial charge in [0.25, 0.3) is 0 Å². The first-order chi connectivity index (χ1) is 11.1. The van der Waals surface area contributed by atoms with Crippen molar-refractivity contribution in [3.05, 3.63) is 83.3 Å². The Bertz CT molecular complexity index is 859. The molecule has 0 saturated heterocycles. The van der Waals surface area contributed by atoms with Crippen LogP contribution in [0.3, 0.4) is 0 Å². The first-order valence-electron chi connectivity index (χ1n) is 7.34. The third kappa shape index (κ3) is 3.84. The van der Waals surface area contributed by atoms with E-state index in [0.717, 1.165) is 33.9 Å². The lowest BCUT2D eigenvalue weighted by atomic mass is 10.0. The molecular weight excluding hydrogens is 320 g/mol. The maximum atomic E-state index is 5.23. The summed E-state index contributed by atoms with van der Waals surface area (Å²) >= 11 is 9.55. The van der Waals surface area contributed by atoms with Gasteiger partial charge in [0.2, 0.25) is 0 Å². The molecule has 0 N–H and O–H groups in total. The molecule has 0 atom stereocenters. The van der Waals surface area contributed by atoms with E-state index in [0.29, 0.717) is 10.6 Å². The van der Waals surface area contributed by atoms with Crippen LogP contribution in [0.25, 0.3) is 11.3 Å². The highest BCUT2D eigenvalue weighted by Gasteiger charge is 2.09. The van der Waals surface area contributed by atoms with Crippen LogP contribution in [0.15, 0.2) is 60.7 Å². The largest absolute Gasteiger partial charge is 0.258 e. The second-order valence-electron chi connectivity index (χ2n) is 5.31. The lowest BCUT2D eigenvalue weighted by Gasteiger charge is -2.09. The first-order valence-corrected chi connectivity index (χ1v) is 8.20. The molecule has 2 heterocycles. The number of thiocarbonyl (C=S) groups is 1. The number of thiol groups is 1. The van der Waals surface area contributed by atoms with Crippen LogP contribution < -0.4 is 0 Å². The Balaban J connectivity index is 1.96. The lowest BCUT2D eigenvalue weighted by molar-refractivity contribution is 0.994. The Morgan fingerprint density at radius 3 is 2.35 bits per heavy atom. The number of nitrogens with zero attached hydrogens (tertiary/aromatic N) is 2. The van der Waals surface area contributed by atoms with Gasteiger partial charge >= 0.3 is 0 Å². The van der Waals surface area contributed by atoms with E-state index in [1.807, 2.05) is 67.6 Å². The van der Waals surface area contributed by atoms with Crippen molar-refractivity contribution >= 4 is 29.0 Å². The van der Waals surface area contributed by atoms with Gasteiger partial charge in [-0.15, -0.1) is 12.6 Å². The van der Waals surface area contributed by atoms with Gasteiger partial charge in [0.1, 0.15) is 0 Å². The number of benzene rings is 1. The minimum atomic E-state index is 0.577. The number of aryl methyl sites for hydroxylation is 1. The fourth-order valence-corrected chi connectivity index (χ4v) is 2.88. The van der Waals surface area contributed by atoms with Crippen molar-refractivity contribution in [2.24, 2.45) is 0 Å². The molecule has 0 amide bonds. The summed E-state index contributed by atoms with van der Waals surface area (Å²) in [6.45, 7) is 2.00. The molecule has 23 heavy (non-hydrogen) atoms. The monoisotopic (exact) mass is 336 g/mol. The molecule has 4 heteroatoms. The summed E-state index contributed by atoms with van der Waals surface area (Å²) in [7, 11) is 0. The number of rotatable bonds is 4. The van der Waals surface area contributed by atoms with Crippen LogP contribution >= 0.6 is 24.8 Å². The standard InChI is InChI=1S/C19H16N2S2/c1-13-6-4-7-14(20-13)12-15-8-5-11-18(21-15)16-9-2-3-10-17(16)19(22)23/h2-11H,12H2,1H3,(H,22,23). The highest BCUT2D eigenvalue weighted by Crippen LogP contribution is 2.24. The number of hydrogen-bond acceptors (Lipinski definition) is 3. The Hall–Kier alpha value is -2.04. The summed E-state index contributed by atoms with van der Waals surface area (Å²) in [5.74, 6) is 0. The zero-order chi connectivity index (χ0) is 16.2. The molecule has 3 rings (SSSR count). The Morgan fingerprint density at radius 2 is 1.61 bits per heavy atom. The van der Waals surface area contributed by atoms with Crippen molar-refractivity contribution in [3.63, 3.8) is 0 Å². The van der Waals surface area contributed by atoms with Crippen molar-refractivity contribution in [1.29, 1.82) is 0 Å². The first kappa shape index (κ1) is 15.8. The van der Waals surface area contributed by atoms with Gasteiger partial charge < -0.3 is 0 Å². The van der Waals surface area contributed by atoms with Crippen LogP contribution in [-0.2, 0) is 6.42 Å². The van der Waals surface area contributed by atoms with E-state index in [-0.39, 0.29) is 0 Å². The maximum absolute atomic E-state index is 5.23. The quantitative estimate of drug-likeness (QED) is 0.555. The van der Waals surface area contributed by atoms with Crippen molar-refractivity contribution in [2.75, 3.05) is 0 Å². The SMILES string of the molecule is Cc1cccc(Cc2cccc(-c3ccccc3C(=S)S)n2)n1. The summed E-state index contributed by atoms with van der Waals surface area (Å²) in [5.41, 5.74) is 5.87. The molecular formula is C19H16N2S2. The summed E-state index contributed by atoms with van der Waals surface area (Å²) in [5, 5.41) is 0. The van der Waals surface area contributed by atoms with Crippen molar-refractivity contribution < 1.29 is 0 Å². The van der Waals surface area contributed by atoms with Crippen molar-refractivity contribution in [1.82, 2.24) is 9.97 Å². The average molecular weight is 336 g/mol. The third-order valence-corrected chi connectivity index (χ3v) is 4.01. The zero-order valence-electron chi connectivity index (χ0n) is 12.7. The summed E-state index contributed by atoms with van der Waals surface area (Å²) in [4.78, 5) is 9.32. The zero-order valence-corrected chi connectivity index (χ0v) is 14.4. The Kier molecular flexibility index (Phi) is 4.84. The maximum Gasteiger partial charge on any atom is 0.0754 e. The van der Waals surface area contributed by atoms with E-state index in [4.69, 9.17) is 17.2 Å². The van der Waals surface area contributed by atoms with Crippen LogP contribution in [-0.4, -0.2) is 14.2 Å². The van der Waals surface area contributed by atoms with Gasteiger partial charge in [0.15, 0.2) is 0 Å². The van der Waals surface area contributed by atoms with Gasteiger partial charge in [-0.1, -0.05) is 48.6 Å². The number of pyridine rings is 2. The molecule has 0 bridgehead atoms. The average Bonchev–Trinajstić information content (AvgIpc) is 2.55. The molecule has 0 radical (unpaired) electrons. The van der Waals surface area contributed by atoms with Crippen molar-refractivity contribution in [3.8, 4) is 11.3 Å². The van der Waals surface area contributed by atoms with Gasteiger partial charge in [-0.25, -0.2) is 0 Å². The molecule has 0 unspecified atom stereocenters. The predicted octanol–water partition coefficient (Wildman–Crippen LogP) is 4.65. The van der Waals surface area contributed by atoms with Crippen LogP contribution in [0.1, 0.15) is 22.6 Å². The molecule has 3 aromatic rings. The minimum Gasteiger partial charge on any atom is -0.258 e. The van der Waals surface area contributed by atoms with Crippen LogP contribution in [0.5, 0.6) is 0 Å². The Labute approximate surface area is 147 Å². The van der Waals surface area contributed by atoms with E-state index in [1.165, 1.54) is 0 Å². The smallest absolute Gasteiger partial charge is 0.0754 e. The number of aromatic nitrogens is 2. The van der Waals surface area contributed by atoms with Gasteiger partial charge in [-0.05, 0) is 31.2 Å². The van der Waals surface area contributed by atoms with Gasteiger partial charge in [0, 0.05) is 34.6 Å². The fraction of sp³-hybridized carbons (Fsp3) is 0.105. The van der Waals surface area contributed by atoms with E-state index >= 15 is 0 Å². The van der Waals surface area contributed by atoms with E-state index in [9.17, 15) is 0 Å². The van der Waals surface area contributed by atoms with Gasteiger partial charge in [-0.2, -0.15) is 0 Å². The highest BCUT2D eigenvalue weighted by atomic mass is 32.1. The minimum absolute atomic E-state index is 0.577. The second kappa shape index (κ2) is 7.02. The second-order valence-corrected chi connectivity index (χ2v) is 6.47. The van der Waals surface area contributed by atoms with E-state index in [2.05, 4.69) is 17.6 Å². The fourth-order valence-electron chi connectivity index (χ4n) is 2.50. The predicted molar refractivity (Wildman–Crippen MR) is 102 cm³/mol. The third-order valence-electron chi connectivity index (χ3n) is 3.55.